The van der Waals surface area contributed by atoms with Crippen LogP contribution in [0.3, 0.4) is 0 Å². The second-order valence-electron chi connectivity index (χ2n) is 4.86. The Morgan fingerprint density at radius 3 is 2.48 bits per heavy atom. The molecule has 114 valence electrons. The second-order valence-corrected chi connectivity index (χ2v) is 5.27. The predicted molar refractivity (Wildman–Crippen MR) is 79.2 cm³/mol. The zero-order chi connectivity index (χ0) is 15.6. The number of piperazine rings is 1. The Morgan fingerprint density at radius 2 is 1.95 bits per heavy atom. The molecule has 8 heteroatoms. The standard InChI is InChI=1S/C13H16ClN3O4/c1-15-3-5-16(6-4-15)12-10(14)7-9(13(18)21-2)8-11(12)17(19)20/h7-8H,3-6H2,1-2H3. The van der Waals surface area contributed by atoms with E-state index in [0.717, 1.165) is 13.1 Å². The highest BCUT2D eigenvalue weighted by molar-refractivity contribution is 6.34. The third-order valence-corrected chi connectivity index (χ3v) is 3.77. The topological polar surface area (TPSA) is 75.9 Å². The number of rotatable bonds is 3. The minimum absolute atomic E-state index is 0.0760. The smallest absolute Gasteiger partial charge is 0.338 e. The third-order valence-electron chi connectivity index (χ3n) is 3.48. The number of esters is 1. The average Bonchev–Trinajstić information content (AvgIpc) is 2.46. The number of halogens is 1. The molecule has 0 atom stereocenters. The summed E-state index contributed by atoms with van der Waals surface area (Å²) in [6.45, 7) is 2.89. The largest absolute Gasteiger partial charge is 0.465 e. The first-order valence-corrected chi connectivity index (χ1v) is 6.81. The van der Waals surface area contributed by atoms with Crippen molar-refractivity contribution in [2.45, 2.75) is 0 Å². The monoisotopic (exact) mass is 313 g/mol. The molecule has 0 saturated carbocycles. The summed E-state index contributed by atoms with van der Waals surface area (Å²) >= 11 is 6.18. The minimum atomic E-state index is -0.648. The Hall–Kier alpha value is -1.86. The number of hydrogen-bond acceptors (Lipinski definition) is 6. The van der Waals surface area contributed by atoms with Gasteiger partial charge >= 0.3 is 5.97 Å². The Bertz CT molecular complexity index is 571. The first kappa shape index (κ1) is 15.5. The maximum Gasteiger partial charge on any atom is 0.338 e. The van der Waals surface area contributed by atoms with E-state index >= 15 is 0 Å². The summed E-state index contributed by atoms with van der Waals surface area (Å²) in [6, 6.07) is 2.62. The van der Waals surface area contributed by atoms with Gasteiger partial charge in [-0.05, 0) is 13.1 Å². The molecule has 2 rings (SSSR count). The molecule has 1 aliphatic rings. The summed E-state index contributed by atoms with van der Waals surface area (Å²) in [4.78, 5) is 26.3. The lowest BCUT2D eigenvalue weighted by Crippen LogP contribution is -2.44. The first-order valence-electron chi connectivity index (χ1n) is 6.43. The van der Waals surface area contributed by atoms with E-state index in [0.29, 0.717) is 18.8 Å². The molecule has 1 heterocycles. The number of nitro groups is 1. The maximum atomic E-state index is 11.5. The van der Waals surface area contributed by atoms with Crippen LogP contribution in [-0.4, -0.2) is 56.1 Å². The Kier molecular flexibility index (Phi) is 4.64. The van der Waals surface area contributed by atoms with E-state index in [-0.39, 0.29) is 16.3 Å². The summed E-state index contributed by atoms with van der Waals surface area (Å²) in [6.07, 6.45) is 0. The zero-order valence-corrected chi connectivity index (χ0v) is 12.6. The average molecular weight is 314 g/mol. The van der Waals surface area contributed by atoms with Crippen molar-refractivity contribution in [1.29, 1.82) is 0 Å². The molecule has 1 fully saturated rings. The van der Waals surface area contributed by atoms with Gasteiger partial charge in [0.2, 0.25) is 0 Å². The van der Waals surface area contributed by atoms with Crippen molar-refractivity contribution in [3.63, 3.8) is 0 Å². The lowest BCUT2D eigenvalue weighted by Gasteiger charge is -2.34. The maximum absolute atomic E-state index is 11.5. The van der Waals surface area contributed by atoms with Crippen molar-refractivity contribution >= 4 is 28.9 Å². The van der Waals surface area contributed by atoms with E-state index in [4.69, 9.17) is 11.6 Å². The Morgan fingerprint density at radius 1 is 1.33 bits per heavy atom. The van der Waals surface area contributed by atoms with Crippen LogP contribution in [0.15, 0.2) is 12.1 Å². The molecular weight excluding hydrogens is 298 g/mol. The van der Waals surface area contributed by atoms with Crippen LogP contribution in [0.1, 0.15) is 10.4 Å². The fourth-order valence-electron chi connectivity index (χ4n) is 2.30. The number of carbonyl (C=O) groups is 1. The van der Waals surface area contributed by atoms with E-state index in [1.807, 2.05) is 11.9 Å². The van der Waals surface area contributed by atoms with E-state index in [1.54, 1.807) is 0 Å². The highest BCUT2D eigenvalue weighted by atomic mass is 35.5. The Balaban J connectivity index is 2.45. The van der Waals surface area contributed by atoms with E-state index in [2.05, 4.69) is 9.64 Å². The molecule has 0 aliphatic carbocycles. The number of methoxy groups -OCH3 is 1. The third kappa shape index (κ3) is 3.25. The van der Waals surface area contributed by atoms with Crippen LogP contribution < -0.4 is 4.90 Å². The van der Waals surface area contributed by atoms with Crippen LogP contribution >= 0.6 is 11.6 Å². The van der Waals surface area contributed by atoms with Gasteiger partial charge in [-0.2, -0.15) is 0 Å². The molecule has 0 radical (unpaired) electrons. The van der Waals surface area contributed by atoms with Crippen LogP contribution in [0.25, 0.3) is 0 Å². The predicted octanol–water partition coefficient (Wildman–Crippen LogP) is 1.79. The van der Waals surface area contributed by atoms with Gasteiger partial charge in [0.1, 0.15) is 5.69 Å². The van der Waals surface area contributed by atoms with Gasteiger partial charge in [0.05, 0.1) is 22.6 Å². The normalized spacial score (nSPS) is 15.9. The number of carbonyl (C=O) groups excluding carboxylic acids is 1. The van der Waals surface area contributed by atoms with Crippen molar-refractivity contribution in [2.24, 2.45) is 0 Å². The molecule has 0 unspecified atom stereocenters. The van der Waals surface area contributed by atoms with Gasteiger partial charge in [-0.3, -0.25) is 10.1 Å². The first-order chi connectivity index (χ1) is 9.93. The molecular formula is C13H16ClN3O4. The van der Waals surface area contributed by atoms with Gasteiger partial charge in [-0.1, -0.05) is 11.6 Å². The van der Waals surface area contributed by atoms with Crippen LogP contribution in [0.4, 0.5) is 11.4 Å². The van der Waals surface area contributed by atoms with Gasteiger partial charge in [-0.15, -0.1) is 0 Å². The van der Waals surface area contributed by atoms with Gasteiger partial charge in [-0.25, -0.2) is 4.79 Å². The van der Waals surface area contributed by atoms with Crippen molar-refractivity contribution in [3.8, 4) is 0 Å². The summed E-state index contributed by atoms with van der Waals surface area (Å²) in [5.74, 6) is -0.648. The Labute approximate surface area is 127 Å². The van der Waals surface area contributed by atoms with E-state index < -0.39 is 10.9 Å². The van der Waals surface area contributed by atoms with Crippen molar-refractivity contribution < 1.29 is 14.5 Å². The molecule has 0 N–H and O–H groups in total. The molecule has 0 aromatic heterocycles. The number of likely N-dealkylation sites (N-methyl/N-ethyl adjacent to an activating group) is 1. The second kappa shape index (κ2) is 6.28. The van der Waals surface area contributed by atoms with Crippen LogP contribution in [-0.2, 0) is 4.74 Å². The van der Waals surface area contributed by atoms with Crippen molar-refractivity contribution in [1.82, 2.24) is 4.90 Å². The fraction of sp³-hybridized carbons (Fsp3) is 0.462. The van der Waals surface area contributed by atoms with Gasteiger partial charge in [0, 0.05) is 32.2 Å². The zero-order valence-electron chi connectivity index (χ0n) is 11.8. The molecule has 0 spiro atoms. The SMILES string of the molecule is COC(=O)c1cc(Cl)c(N2CCN(C)CC2)c([N+](=O)[O-])c1. The van der Waals surface area contributed by atoms with Gasteiger partial charge < -0.3 is 14.5 Å². The quantitative estimate of drug-likeness (QED) is 0.481. The number of nitro benzene ring substituents is 1. The van der Waals surface area contributed by atoms with E-state index in [1.165, 1.54) is 19.2 Å². The van der Waals surface area contributed by atoms with E-state index in [9.17, 15) is 14.9 Å². The number of anilines is 1. The van der Waals surface area contributed by atoms with Crippen molar-refractivity contribution in [3.05, 3.63) is 32.8 Å². The number of ether oxygens (including phenoxy) is 1. The summed E-state index contributed by atoms with van der Waals surface area (Å²) < 4.78 is 4.58. The molecule has 0 amide bonds. The lowest BCUT2D eigenvalue weighted by molar-refractivity contribution is -0.384. The molecule has 0 bridgehead atoms. The molecule has 1 saturated heterocycles. The molecule has 21 heavy (non-hydrogen) atoms. The fourth-order valence-corrected chi connectivity index (χ4v) is 2.64. The van der Waals surface area contributed by atoms with Crippen LogP contribution in [0.5, 0.6) is 0 Å². The summed E-state index contributed by atoms with van der Waals surface area (Å²) in [7, 11) is 3.21. The lowest BCUT2D eigenvalue weighted by atomic mass is 10.1. The number of benzene rings is 1. The summed E-state index contributed by atoms with van der Waals surface area (Å²) in [5, 5.41) is 11.5. The summed E-state index contributed by atoms with van der Waals surface area (Å²) in [5.41, 5.74) is 0.266. The molecule has 1 aromatic carbocycles. The number of hydrogen-bond donors (Lipinski definition) is 0. The highest BCUT2D eigenvalue weighted by Crippen LogP contribution is 2.37. The molecule has 1 aliphatic heterocycles. The van der Waals surface area contributed by atoms with Crippen LogP contribution in [0, 0.1) is 10.1 Å². The molecule has 1 aromatic rings. The van der Waals surface area contributed by atoms with Crippen LogP contribution in [0.2, 0.25) is 5.02 Å². The minimum Gasteiger partial charge on any atom is -0.465 e. The van der Waals surface area contributed by atoms with Crippen molar-refractivity contribution in [2.75, 3.05) is 45.2 Å². The highest BCUT2D eigenvalue weighted by Gasteiger charge is 2.27. The number of nitrogens with zero attached hydrogens (tertiary/aromatic N) is 3. The van der Waals surface area contributed by atoms with Gasteiger partial charge in [0.15, 0.2) is 0 Å². The van der Waals surface area contributed by atoms with Gasteiger partial charge in [0.25, 0.3) is 5.69 Å². The molecule has 7 nitrogen and oxygen atoms in total.